The Bertz CT molecular complexity index is 1300. The second-order valence-electron chi connectivity index (χ2n) is 8.02. The van der Waals surface area contributed by atoms with Crippen molar-refractivity contribution in [3.8, 4) is 11.4 Å². The van der Waals surface area contributed by atoms with Crippen LogP contribution < -0.4 is 4.74 Å². The lowest BCUT2D eigenvalue weighted by atomic mass is 10.1. The molecule has 9 heteroatoms. The molecule has 0 spiro atoms. The number of ether oxygens (including phenoxy) is 1. The Labute approximate surface area is 176 Å². The number of nitrogens with one attached hydrogen (secondary N) is 1. The number of aromatic nitrogens is 5. The molecular formula is C22H19FN6O2. The lowest BCUT2D eigenvalue weighted by Gasteiger charge is -2.27. The maximum absolute atomic E-state index is 14.9. The summed E-state index contributed by atoms with van der Waals surface area (Å²) in [6.07, 6.45) is 4.03. The number of likely N-dealkylation sites (tertiary alicyclic amines) is 1. The Morgan fingerprint density at radius 3 is 2.87 bits per heavy atom. The van der Waals surface area contributed by atoms with Gasteiger partial charge in [-0.25, -0.2) is 9.37 Å². The first kappa shape index (κ1) is 18.1. The maximum Gasteiger partial charge on any atom is 0.259 e. The number of amides is 1. The second kappa shape index (κ2) is 6.63. The van der Waals surface area contributed by atoms with E-state index in [0.717, 1.165) is 29.0 Å². The zero-order valence-electron chi connectivity index (χ0n) is 16.7. The summed E-state index contributed by atoms with van der Waals surface area (Å²) in [5, 5.41) is 8.16. The van der Waals surface area contributed by atoms with Gasteiger partial charge in [0, 0.05) is 12.6 Å². The average Bonchev–Trinajstić information content (AvgIpc) is 3.19. The number of piperidine rings is 1. The summed E-state index contributed by atoms with van der Waals surface area (Å²) in [6.45, 7) is 0.578. The minimum Gasteiger partial charge on any atom is -0.497 e. The molecule has 0 bridgehead atoms. The fourth-order valence-electron chi connectivity index (χ4n) is 4.67. The van der Waals surface area contributed by atoms with Gasteiger partial charge in [-0.05, 0) is 42.5 Å². The Kier molecular flexibility index (Phi) is 3.86. The molecule has 1 N–H and O–H groups in total. The molecule has 2 aliphatic rings. The molecule has 6 rings (SSSR count). The zero-order valence-corrected chi connectivity index (χ0v) is 16.7. The molecule has 31 heavy (non-hydrogen) atoms. The molecule has 0 radical (unpaired) electrons. The zero-order chi connectivity index (χ0) is 21.1. The first-order valence-electron chi connectivity index (χ1n) is 10.1. The van der Waals surface area contributed by atoms with Crippen molar-refractivity contribution >= 4 is 16.9 Å². The van der Waals surface area contributed by atoms with Crippen molar-refractivity contribution in [1.82, 2.24) is 29.9 Å². The monoisotopic (exact) mass is 418 g/mol. The molecule has 3 atom stereocenters. The number of methoxy groups -OCH3 is 1. The van der Waals surface area contributed by atoms with Gasteiger partial charge in [-0.3, -0.25) is 4.79 Å². The standard InChI is InChI=1S/C22H19FN6O2/c1-31-13-5-6-16-17(10-13)27-21(26-16)20-14-9-12(14)11-28(20)22(30)19-15(23)3-2-4-18(19)29-24-7-8-25-29/h2-8,10,12,14,20H,9,11H2,1H3,(H,26,27). The van der Waals surface area contributed by atoms with Crippen LogP contribution in [0.3, 0.4) is 0 Å². The minimum absolute atomic E-state index is 0.0252. The second-order valence-corrected chi connectivity index (χ2v) is 8.02. The minimum atomic E-state index is -0.589. The predicted molar refractivity (Wildman–Crippen MR) is 109 cm³/mol. The van der Waals surface area contributed by atoms with Crippen LogP contribution in [0.15, 0.2) is 48.8 Å². The molecule has 3 unspecified atom stereocenters. The first-order valence-corrected chi connectivity index (χ1v) is 10.1. The number of carbonyl (C=O) groups is 1. The van der Waals surface area contributed by atoms with E-state index < -0.39 is 5.82 Å². The number of H-pyrrole nitrogens is 1. The van der Waals surface area contributed by atoms with E-state index in [1.54, 1.807) is 24.1 Å². The fourth-order valence-corrected chi connectivity index (χ4v) is 4.67. The quantitative estimate of drug-likeness (QED) is 0.550. The van der Waals surface area contributed by atoms with Crippen molar-refractivity contribution in [3.05, 3.63) is 66.0 Å². The molecule has 1 aliphatic carbocycles. The molecule has 2 fully saturated rings. The molecular weight excluding hydrogens is 399 g/mol. The Morgan fingerprint density at radius 1 is 1.23 bits per heavy atom. The van der Waals surface area contributed by atoms with Crippen molar-refractivity contribution in [1.29, 1.82) is 0 Å². The fraction of sp³-hybridized carbons (Fsp3) is 0.273. The largest absolute Gasteiger partial charge is 0.497 e. The third kappa shape index (κ3) is 2.80. The van der Waals surface area contributed by atoms with Crippen LogP contribution in [0, 0.1) is 17.7 Å². The van der Waals surface area contributed by atoms with E-state index in [4.69, 9.17) is 9.72 Å². The van der Waals surface area contributed by atoms with E-state index in [1.165, 1.54) is 23.3 Å². The highest BCUT2D eigenvalue weighted by molar-refractivity contribution is 5.98. The first-order chi connectivity index (χ1) is 15.1. The summed E-state index contributed by atoms with van der Waals surface area (Å²) in [7, 11) is 1.61. The van der Waals surface area contributed by atoms with Gasteiger partial charge in [0.15, 0.2) is 0 Å². The van der Waals surface area contributed by atoms with Gasteiger partial charge < -0.3 is 14.6 Å². The highest BCUT2D eigenvalue weighted by Crippen LogP contribution is 2.56. The van der Waals surface area contributed by atoms with Crippen LogP contribution >= 0.6 is 0 Å². The van der Waals surface area contributed by atoms with Crippen LogP contribution in [0.5, 0.6) is 5.75 Å². The lowest BCUT2D eigenvalue weighted by Crippen LogP contribution is -2.35. The third-order valence-corrected chi connectivity index (χ3v) is 6.24. The van der Waals surface area contributed by atoms with E-state index in [9.17, 15) is 9.18 Å². The molecule has 2 aromatic carbocycles. The summed E-state index contributed by atoms with van der Waals surface area (Å²) in [5.41, 5.74) is 1.95. The van der Waals surface area contributed by atoms with Gasteiger partial charge >= 0.3 is 0 Å². The van der Waals surface area contributed by atoms with Gasteiger partial charge in [0.25, 0.3) is 5.91 Å². The molecule has 4 aromatic rings. The summed E-state index contributed by atoms with van der Waals surface area (Å²) in [4.78, 5) is 24.7. The molecule has 1 saturated heterocycles. The summed E-state index contributed by atoms with van der Waals surface area (Å²) < 4.78 is 20.2. The molecule has 2 aromatic heterocycles. The highest BCUT2D eigenvalue weighted by Gasteiger charge is 2.56. The van der Waals surface area contributed by atoms with Crippen molar-refractivity contribution in [2.45, 2.75) is 12.5 Å². The van der Waals surface area contributed by atoms with Crippen molar-refractivity contribution in [2.75, 3.05) is 13.7 Å². The molecule has 8 nitrogen and oxygen atoms in total. The summed E-state index contributed by atoms with van der Waals surface area (Å²) >= 11 is 0. The van der Waals surface area contributed by atoms with Crippen LogP contribution in [-0.4, -0.2) is 49.4 Å². The van der Waals surface area contributed by atoms with Gasteiger partial charge in [0.05, 0.1) is 36.6 Å². The van der Waals surface area contributed by atoms with Crippen LogP contribution in [0.2, 0.25) is 0 Å². The number of hydrogen-bond donors (Lipinski definition) is 1. The van der Waals surface area contributed by atoms with Gasteiger partial charge in [-0.1, -0.05) is 6.07 Å². The highest BCUT2D eigenvalue weighted by atomic mass is 19.1. The number of hydrogen-bond acceptors (Lipinski definition) is 5. The Morgan fingerprint density at radius 2 is 2.06 bits per heavy atom. The molecule has 1 saturated carbocycles. The summed E-state index contributed by atoms with van der Waals surface area (Å²) in [5.74, 6) is 1.21. The number of halogens is 1. The van der Waals surface area contributed by atoms with Crippen molar-refractivity contribution in [3.63, 3.8) is 0 Å². The topological polar surface area (TPSA) is 88.9 Å². The van der Waals surface area contributed by atoms with Crippen LogP contribution in [0.1, 0.15) is 28.6 Å². The molecule has 1 amide bonds. The number of fused-ring (bicyclic) bond motifs is 2. The van der Waals surface area contributed by atoms with E-state index >= 15 is 0 Å². The SMILES string of the molecule is COc1ccc2[nH]c(C3C4CC4CN3C(=O)c3c(F)cccc3-n3nccn3)nc2c1. The number of imidazole rings is 1. The Balaban J connectivity index is 1.41. The summed E-state index contributed by atoms with van der Waals surface area (Å²) in [6, 6.07) is 9.90. The molecule has 1 aliphatic heterocycles. The predicted octanol–water partition coefficient (Wildman–Crippen LogP) is 3.12. The van der Waals surface area contributed by atoms with E-state index in [-0.39, 0.29) is 17.5 Å². The number of rotatable bonds is 4. The van der Waals surface area contributed by atoms with Gasteiger partial charge in [0.2, 0.25) is 0 Å². The van der Waals surface area contributed by atoms with Crippen molar-refractivity contribution in [2.24, 2.45) is 11.8 Å². The molecule has 3 heterocycles. The van der Waals surface area contributed by atoms with Crippen molar-refractivity contribution < 1.29 is 13.9 Å². The smallest absolute Gasteiger partial charge is 0.259 e. The van der Waals surface area contributed by atoms with E-state index in [1.807, 2.05) is 18.2 Å². The number of carbonyl (C=O) groups excluding carboxylic acids is 1. The van der Waals surface area contributed by atoms with Crippen LogP contribution in [0.4, 0.5) is 4.39 Å². The average molecular weight is 418 g/mol. The molecule has 156 valence electrons. The number of nitrogens with zero attached hydrogens (tertiary/aromatic N) is 5. The van der Waals surface area contributed by atoms with Crippen LogP contribution in [0.25, 0.3) is 16.7 Å². The van der Waals surface area contributed by atoms with E-state index in [0.29, 0.717) is 24.1 Å². The van der Waals surface area contributed by atoms with Gasteiger partial charge in [0.1, 0.15) is 28.6 Å². The van der Waals surface area contributed by atoms with E-state index in [2.05, 4.69) is 15.2 Å². The maximum atomic E-state index is 14.9. The third-order valence-electron chi connectivity index (χ3n) is 6.24. The van der Waals surface area contributed by atoms with Crippen LogP contribution in [-0.2, 0) is 0 Å². The number of aromatic amines is 1. The van der Waals surface area contributed by atoms with Gasteiger partial charge in [-0.15, -0.1) is 0 Å². The lowest BCUT2D eigenvalue weighted by molar-refractivity contribution is 0.0694. The number of benzene rings is 2. The normalized spacial score (nSPS) is 22.0. The Hall–Kier alpha value is -3.75. The van der Waals surface area contributed by atoms with Gasteiger partial charge in [-0.2, -0.15) is 15.0 Å².